The molecule has 0 aliphatic heterocycles. The van der Waals surface area contributed by atoms with E-state index in [1.807, 2.05) is 26.8 Å². The molecule has 11 heavy (non-hydrogen) atoms. The van der Waals surface area contributed by atoms with Crippen LogP contribution in [0.15, 0.2) is 6.07 Å². The molecule has 0 bridgehead atoms. The summed E-state index contributed by atoms with van der Waals surface area (Å²) >= 11 is 0. The van der Waals surface area contributed by atoms with E-state index in [0.717, 1.165) is 16.7 Å². The van der Waals surface area contributed by atoms with Crippen molar-refractivity contribution < 1.29 is 37.8 Å². The Morgan fingerprint density at radius 3 is 2.27 bits per heavy atom. The van der Waals surface area contributed by atoms with Gasteiger partial charge in [-0.2, -0.15) is 17.7 Å². The van der Waals surface area contributed by atoms with E-state index in [4.69, 9.17) is 0 Å². The summed E-state index contributed by atoms with van der Waals surface area (Å²) < 4.78 is 0. The van der Waals surface area contributed by atoms with E-state index in [0.29, 0.717) is 5.75 Å². The smallest absolute Gasteiger partial charge is 0.00901 e. The standard InChI is InChI=1S/C9H11O.Y/c1-6-4-7(2)9(10)8(3)5-6;/h4,10H,1-3H3;/q-1;. The zero-order valence-electron chi connectivity index (χ0n) is 7.10. The van der Waals surface area contributed by atoms with Crippen LogP contribution in [0, 0.1) is 26.8 Å². The molecule has 0 aliphatic carbocycles. The molecular weight excluding hydrogens is 213 g/mol. The van der Waals surface area contributed by atoms with Crippen LogP contribution < -0.4 is 0 Å². The van der Waals surface area contributed by atoms with Crippen LogP contribution in [0.3, 0.4) is 0 Å². The average Bonchev–Trinajstić information content (AvgIpc) is 1.82. The van der Waals surface area contributed by atoms with Crippen molar-refractivity contribution in [2.24, 2.45) is 0 Å². The molecule has 57 valence electrons. The molecule has 1 rings (SSSR count). The Balaban J connectivity index is 0.000001000. The fourth-order valence-electron chi connectivity index (χ4n) is 1.08. The summed E-state index contributed by atoms with van der Waals surface area (Å²) in [5.41, 5.74) is 2.83. The molecule has 0 unspecified atom stereocenters. The van der Waals surface area contributed by atoms with Crippen molar-refractivity contribution in [3.63, 3.8) is 0 Å². The molecule has 1 aromatic carbocycles. The molecule has 1 aromatic rings. The third kappa shape index (κ3) is 2.57. The summed E-state index contributed by atoms with van der Waals surface area (Å²) in [6.07, 6.45) is 0. The van der Waals surface area contributed by atoms with Gasteiger partial charge in [0.15, 0.2) is 0 Å². The molecule has 0 heterocycles. The van der Waals surface area contributed by atoms with Gasteiger partial charge in [0.05, 0.1) is 0 Å². The molecular formula is C9H11OY-. The van der Waals surface area contributed by atoms with E-state index < -0.39 is 0 Å². The van der Waals surface area contributed by atoms with Gasteiger partial charge in [0.1, 0.15) is 0 Å². The maximum Gasteiger partial charge on any atom is 0.00901 e. The summed E-state index contributed by atoms with van der Waals surface area (Å²) in [6.45, 7) is 5.72. The first-order valence-corrected chi connectivity index (χ1v) is 3.30. The predicted molar refractivity (Wildman–Crippen MR) is 41.2 cm³/mol. The van der Waals surface area contributed by atoms with Crippen molar-refractivity contribution in [2.75, 3.05) is 0 Å². The van der Waals surface area contributed by atoms with E-state index in [1.165, 1.54) is 0 Å². The minimum atomic E-state index is 0. The normalized spacial score (nSPS) is 9.00. The minimum absolute atomic E-state index is 0. The van der Waals surface area contributed by atoms with Crippen LogP contribution in [0.1, 0.15) is 16.7 Å². The molecule has 0 saturated carbocycles. The number of hydrogen-bond donors (Lipinski definition) is 1. The van der Waals surface area contributed by atoms with Crippen molar-refractivity contribution >= 4 is 0 Å². The molecule has 0 spiro atoms. The summed E-state index contributed by atoms with van der Waals surface area (Å²) in [5.74, 6) is 0.366. The predicted octanol–water partition coefficient (Wildman–Crippen LogP) is 2.12. The van der Waals surface area contributed by atoms with E-state index in [9.17, 15) is 5.11 Å². The number of phenols is 1. The van der Waals surface area contributed by atoms with Crippen molar-refractivity contribution in [3.8, 4) is 5.75 Å². The summed E-state index contributed by atoms with van der Waals surface area (Å²) in [6, 6.07) is 4.95. The second-order valence-electron chi connectivity index (χ2n) is 2.61. The Bertz CT molecular complexity index is 233. The second-order valence-corrected chi connectivity index (χ2v) is 2.61. The van der Waals surface area contributed by atoms with Crippen molar-refractivity contribution in [3.05, 3.63) is 28.8 Å². The SMILES string of the molecule is Cc1[c-]c(C)c(O)c(C)c1.[Y]. The van der Waals surface area contributed by atoms with Gasteiger partial charge < -0.3 is 5.11 Å². The van der Waals surface area contributed by atoms with Crippen molar-refractivity contribution in [2.45, 2.75) is 20.8 Å². The first-order valence-electron chi connectivity index (χ1n) is 3.30. The molecule has 1 radical (unpaired) electrons. The summed E-state index contributed by atoms with van der Waals surface area (Å²) in [5, 5.41) is 9.30. The third-order valence-electron chi connectivity index (χ3n) is 1.55. The van der Waals surface area contributed by atoms with Gasteiger partial charge in [0.25, 0.3) is 0 Å². The van der Waals surface area contributed by atoms with Crippen molar-refractivity contribution in [1.29, 1.82) is 0 Å². The van der Waals surface area contributed by atoms with Gasteiger partial charge in [0, 0.05) is 38.5 Å². The van der Waals surface area contributed by atoms with Crippen LogP contribution in [0.2, 0.25) is 0 Å². The first kappa shape index (κ1) is 11.1. The second kappa shape index (κ2) is 4.22. The Hall–Kier alpha value is 0.124. The van der Waals surface area contributed by atoms with Gasteiger partial charge in [-0.25, -0.2) is 0 Å². The Labute approximate surface area is 92.7 Å². The van der Waals surface area contributed by atoms with Crippen LogP contribution in [-0.2, 0) is 32.7 Å². The van der Waals surface area contributed by atoms with Crippen molar-refractivity contribution in [1.82, 2.24) is 0 Å². The monoisotopic (exact) mass is 224 g/mol. The third-order valence-corrected chi connectivity index (χ3v) is 1.55. The van der Waals surface area contributed by atoms with Crippen LogP contribution in [-0.4, -0.2) is 5.11 Å². The van der Waals surface area contributed by atoms with Gasteiger partial charge in [0.2, 0.25) is 0 Å². The van der Waals surface area contributed by atoms with Crippen LogP contribution in [0.25, 0.3) is 0 Å². The molecule has 2 heteroatoms. The molecule has 0 aromatic heterocycles. The van der Waals surface area contributed by atoms with Gasteiger partial charge in [-0.3, -0.25) is 0 Å². The first-order chi connectivity index (χ1) is 4.61. The van der Waals surface area contributed by atoms with E-state index in [1.54, 1.807) is 0 Å². The molecule has 1 N–H and O–H groups in total. The number of phenolic OH excluding ortho intramolecular Hbond substituents is 1. The number of aryl methyl sites for hydroxylation is 3. The van der Waals surface area contributed by atoms with E-state index in [2.05, 4.69) is 6.07 Å². The summed E-state index contributed by atoms with van der Waals surface area (Å²) in [7, 11) is 0. The molecule has 0 amide bonds. The maximum absolute atomic E-state index is 9.30. The largest absolute Gasteiger partial charge is 0.565 e. The number of hydrogen-bond acceptors (Lipinski definition) is 1. The molecule has 0 aliphatic rings. The van der Waals surface area contributed by atoms with Crippen LogP contribution >= 0.6 is 0 Å². The topological polar surface area (TPSA) is 20.2 Å². The van der Waals surface area contributed by atoms with E-state index >= 15 is 0 Å². The van der Waals surface area contributed by atoms with Crippen LogP contribution in [0.4, 0.5) is 0 Å². The Kier molecular flexibility index (Phi) is 4.27. The zero-order valence-corrected chi connectivity index (χ0v) is 9.94. The zero-order chi connectivity index (χ0) is 7.72. The molecule has 1 nitrogen and oxygen atoms in total. The molecule has 0 atom stereocenters. The Morgan fingerprint density at radius 2 is 1.82 bits per heavy atom. The minimum Gasteiger partial charge on any atom is -0.565 e. The van der Waals surface area contributed by atoms with Gasteiger partial charge in [-0.15, -0.1) is 11.1 Å². The molecule has 0 saturated heterocycles. The van der Waals surface area contributed by atoms with E-state index in [-0.39, 0.29) is 32.7 Å². The fraction of sp³-hybridized carbons (Fsp3) is 0.333. The average molecular weight is 224 g/mol. The maximum atomic E-state index is 9.30. The Morgan fingerprint density at radius 1 is 1.27 bits per heavy atom. The number of benzene rings is 1. The number of rotatable bonds is 0. The van der Waals surface area contributed by atoms with Crippen LogP contribution in [0.5, 0.6) is 5.75 Å². The van der Waals surface area contributed by atoms with Gasteiger partial charge >= 0.3 is 0 Å². The quantitative estimate of drug-likeness (QED) is 0.669. The molecule has 0 fully saturated rings. The number of aromatic hydroxyl groups is 1. The van der Waals surface area contributed by atoms with Gasteiger partial charge in [-0.05, 0) is 0 Å². The van der Waals surface area contributed by atoms with Gasteiger partial charge in [-0.1, -0.05) is 20.8 Å². The summed E-state index contributed by atoms with van der Waals surface area (Å²) in [4.78, 5) is 0. The fourth-order valence-corrected chi connectivity index (χ4v) is 1.08.